The zero-order valence-electron chi connectivity index (χ0n) is 11.2. The van der Waals surface area contributed by atoms with Gasteiger partial charge in [0.05, 0.1) is 31.2 Å². The molecule has 0 saturated heterocycles. The first-order valence-electron chi connectivity index (χ1n) is 5.97. The van der Waals surface area contributed by atoms with Crippen LogP contribution in [0.1, 0.15) is 10.4 Å². The van der Waals surface area contributed by atoms with E-state index in [0.29, 0.717) is 22.9 Å². The second kappa shape index (κ2) is 5.97. The maximum atomic E-state index is 11.2. The molecule has 0 amide bonds. The minimum atomic E-state index is -0.986. The number of hydrogen-bond acceptors (Lipinski definition) is 4. The Balaban J connectivity index is 2.37. The Morgan fingerprint density at radius 1 is 1.05 bits per heavy atom. The summed E-state index contributed by atoms with van der Waals surface area (Å²) in [4.78, 5) is 11.2. The number of anilines is 2. The van der Waals surface area contributed by atoms with Crippen LogP contribution in [-0.4, -0.2) is 25.3 Å². The molecular formula is C15H15NO4. The molecule has 5 heteroatoms. The Morgan fingerprint density at radius 2 is 1.80 bits per heavy atom. The molecule has 0 bridgehead atoms. The van der Waals surface area contributed by atoms with E-state index in [4.69, 9.17) is 14.6 Å². The number of aromatic carboxylic acids is 1. The van der Waals surface area contributed by atoms with Gasteiger partial charge < -0.3 is 19.9 Å². The molecule has 0 aliphatic rings. The fraction of sp³-hybridized carbons (Fsp3) is 0.133. The molecule has 2 aromatic carbocycles. The van der Waals surface area contributed by atoms with Crippen molar-refractivity contribution in [2.24, 2.45) is 0 Å². The smallest absolute Gasteiger partial charge is 0.337 e. The second-order valence-corrected chi connectivity index (χ2v) is 4.04. The number of nitrogens with one attached hydrogen (secondary N) is 1. The average molecular weight is 273 g/mol. The van der Waals surface area contributed by atoms with Gasteiger partial charge in [-0.15, -0.1) is 0 Å². The average Bonchev–Trinajstić information content (AvgIpc) is 2.48. The van der Waals surface area contributed by atoms with E-state index in [2.05, 4.69) is 5.32 Å². The van der Waals surface area contributed by atoms with Gasteiger partial charge in [-0.1, -0.05) is 12.1 Å². The van der Waals surface area contributed by atoms with Crippen molar-refractivity contribution in [3.63, 3.8) is 0 Å². The number of ether oxygens (including phenoxy) is 2. The maximum Gasteiger partial charge on any atom is 0.337 e. The SMILES string of the molecule is COc1ccc(Nc2ccccc2C(=O)O)c(OC)c1. The summed E-state index contributed by atoms with van der Waals surface area (Å²) < 4.78 is 10.4. The van der Waals surface area contributed by atoms with Crippen molar-refractivity contribution >= 4 is 17.3 Å². The molecular weight excluding hydrogens is 258 g/mol. The van der Waals surface area contributed by atoms with Gasteiger partial charge in [-0.2, -0.15) is 0 Å². The summed E-state index contributed by atoms with van der Waals surface area (Å²) in [5.41, 5.74) is 1.37. The van der Waals surface area contributed by atoms with E-state index in [-0.39, 0.29) is 5.56 Å². The number of para-hydroxylation sites is 1. The maximum absolute atomic E-state index is 11.2. The fourth-order valence-electron chi connectivity index (χ4n) is 1.83. The van der Waals surface area contributed by atoms with Gasteiger partial charge in [-0.05, 0) is 24.3 Å². The summed E-state index contributed by atoms with van der Waals surface area (Å²) in [7, 11) is 3.12. The van der Waals surface area contributed by atoms with E-state index in [0.717, 1.165) is 0 Å². The van der Waals surface area contributed by atoms with Gasteiger partial charge in [0.1, 0.15) is 11.5 Å². The highest BCUT2D eigenvalue weighted by atomic mass is 16.5. The first kappa shape index (κ1) is 13.7. The van der Waals surface area contributed by atoms with Crippen molar-refractivity contribution < 1.29 is 19.4 Å². The van der Waals surface area contributed by atoms with E-state index >= 15 is 0 Å². The van der Waals surface area contributed by atoms with E-state index in [1.165, 1.54) is 0 Å². The summed E-state index contributed by atoms with van der Waals surface area (Å²) in [5, 5.41) is 12.2. The summed E-state index contributed by atoms with van der Waals surface area (Å²) in [5.74, 6) is 0.254. The highest BCUT2D eigenvalue weighted by Gasteiger charge is 2.11. The summed E-state index contributed by atoms with van der Waals surface area (Å²) in [6, 6.07) is 12.0. The van der Waals surface area contributed by atoms with Crippen LogP contribution in [0.5, 0.6) is 11.5 Å². The molecule has 0 radical (unpaired) electrons. The van der Waals surface area contributed by atoms with Gasteiger partial charge in [0.25, 0.3) is 0 Å². The molecule has 0 heterocycles. The lowest BCUT2D eigenvalue weighted by Crippen LogP contribution is -2.03. The Hall–Kier alpha value is -2.69. The predicted molar refractivity (Wildman–Crippen MR) is 76.2 cm³/mol. The zero-order chi connectivity index (χ0) is 14.5. The van der Waals surface area contributed by atoms with Crippen LogP contribution < -0.4 is 14.8 Å². The van der Waals surface area contributed by atoms with Crippen molar-refractivity contribution in [1.82, 2.24) is 0 Å². The van der Waals surface area contributed by atoms with Crippen molar-refractivity contribution in [3.8, 4) is 11.5 Å². The van der Waals surface area contributed by atoms with E-state index < -0.39 is 5.97 Å². The number of hydrogen-bond donors (Lipinski definition) is 2. The van der Waals surface area contributed by atoms with Crippen molar-refractivity contribution in [2.75, 3.05) is 19.5 Å². The van der Waals surface area contributed by atoms with Crippen molar-refractivity contribution in [3.05, 3.63) is 48.0 Å². The van der Waals surface area contributed by atoms with Gasteiger partial charge in [0.2, 0.25) is 0 Å². The molecule has 20 heavy (non-hydrogen) atoms. The highest BCUT2D eigenvalue weighted by molar-refractivity contribution is 5.95. The molecule has 2 rings (SSSR count). The lowest BCUT2D eigenvalue weighted by Gasteiger charge is -2.14. The normalized spacial score (nSPS) is 9.90. The molecule has 0 spiro atoms. The number of carboxylic acids is 1. The first-order valence-corrected chi connectivity index (χ1v) is 5.97. The molecule has 2 aromatic rings. The fourth-order valence-corrected chi connectivity index (χ4v) is 1.83. The van der Waals surface area contributed by atoms with Crippen LogP contribution in [0.4, 0.5) is 11.4 Å². The van der Waals surface area contributed by atoms with Gasteiger partial charge in [-0.25, -0.2) is 4.79 Å². The van der Waals surface area contributed by atoms with Crippen molar-refractivity contribution in [2.45, 2.75) is 0 Å². The molecule has 0 saturated carbocycles. The Labute approximate surface area is 116 Å². The summed E-state index contributed by atoms with van der Waals surface area (Å²) in [6.45, 7) is 0. The van der Waals surface area contributed by atoms with Gasteiger partial charge >= 0.3 is 5.97 Å². The molecule has 5 nitrogen and oxygen atoms in total. The van der Waals surface area contributed by atoms with E-state index in [1.807, 2.05) is 0 Å². The molecule has 0 atom stereocenters. The Bertz CT molecular complexity index is 625. The summed E-state index contributed by atoms with van der Waals surface area (Å²) >= 11 is 0. The molecule has 104 valence electrons. The molecule has 0 unspecified atom stereocenters. The van der Waals surface area contributed by atoms with Crippen LogP contribution in [0.25, 0.3) is 0 Å². The van der Waals surface area contributed by atoms with E-state index in [1.54, 1.807) is 56.7 Å². The minimum absolute atomic E-state index is 0.199. The van der Waals surface area contributed by atoms with Gasteiger partial charge in [-0.3, -0.25) is 0 Å². The number of rotatable bonds is 5. The molecule has 0 aliphatic carbocycles. The third-order valence-electron chi connectivity index (χ3n) is 2.84. The van der Waals surface area contributed by atoms with Gasteiger partial charge in [0, 0.05) is 6.07 Å². The minimum Gasteiger partial charge on any atom is -0.497 e. The highest BCUT2D eigenvalue weighted by Crippen LogP contribution is 2.32. The quantitative estimate of drug-likeness (QED) is 0.876. The largest absolute Gasteiger partial charge is 0.497 e. The Morgan fingerprint density at radius 3 is 2.45 bits per heavy atom. The predicted octanol–water partition coefficient (Wildman–Crippen LogP) is 3.15. The monoisotopic (exact) mass is 273 g/mol. The van der Waals surface area contributed by atoms with Crippen LogP contribution >= 0.6 is 0 Å². The molecule has 0 aromatic heterocycles. The van der Waals surface area contributed by atoms with Crippen LogP contribution in [0.3, 0.4) is 0 Å². The lowest BCUT2D eigenvalue weighted by molar-refractivity contribution is 0.0698. The summed E-state index contributed by atoms with van der Waals surface area (Å²) in [6.07, 6.45) is 0. The molecule has 0 aliphatic heterocycles. The van der Waals surface area contributed by atoms with Crippen LogP contribution in [0.15, 0.2) is 42.5 Å². The first-order chi connectivity index (χ1) is 9.65. The number of methoxy groups -OCH3 is 2. The van der Waals surface area contributed by atoms with E-state index in [9.17, 15) is 4.79 Å². The van der Waals surface area contributed by atoms with Crippen LogP contribution in [0, 0.1) is 0 Å². The lowest BCUT2D eigenvalue weighted by atomic mass is 10.1. The molecule has 0 fully saturated rings. The topological polar surface area (TPSA) is 67.8 Å². The van der Waals surface area contributed by atoms with Crippen molar-refractivity contribution in [1.29, 1.82) is 0 Å². The Kier molecular flexibility index (Phi) is 4.10. The second-order valence-electron chi connectivity index (χ2n) is 4.04. The number of carbonyl (C=O) groups is 1. The molecule has 2 N–H and O–H groups in total. The zero-order valence-corrected chi connectivity index (χ0v) is 11.2. The van der Waals surface area contributed by atoms with Gasteiger partial charge in [0.15, 0.2) is 0 Å². The third kappa shape index (κ3) is 2.83. The standard InChI is InChI=1S/C15H15NO4/c1-19-10-7-8-13(14(9-10)20-2)16-12-6-4-3-5-11(12)15(17)18/h3-9,16H,1-2H3,(H,17,18). The third-order valence-corrected chi connectivity index (χ3v) is 2.84. The van der Waals surface area contributed by atoms with Crippen LogP contribution in [-0.2, 0) is 0 Å². The van der Waals surface area contributed by atoms with Crippen LogP contribution in [0.2, 0.25) is 0 Å². The number of carboxylic acid groups (broad SMARTS) is 1. The number of benzene rings is 2.